The lowest BCUT2D eigenvalue weighted by Gasteiger charge is -2.30. The minimum atomic E-state index is -5.97. The van der Waals surface area contributed by atoms with Crippen LogP contribution in [0.5, 0.6) is 5.75 Å². The van der Waals surface area contributed by atoms with Crippen LogP contribution in [0, 0.1) is 11.8 Å². The molecule has 0 bridgehead atoms. The highest BCUT2D eigenvalue weighted by molar-refractivity contribution is 7.65. The van der Waals surface area contributed by atoms with Crippen molar-refractivity contribution in [3.05, 3.63) is 136 Å². The molecule has 6 N–H and O–H groups in total. The summed E-state index contributed by atoms with van der Waals surface area (Å²) in [4.78, 5) is 84.5. The Morgan fingerprint density at radius 3 is 2.47 bits per heavy atom. The zero-order valence-corrected chi connectivity index (χ0v) is 40.2. The number of phosphoric ester groups is 2. The van der Waals surface area contributed by atoms with Gasteiger partial charge in [-0.2, -0.15) is 0 Å². The largest absolute Gasteiger partial charge is 0.756 e. The van der Waals surface area contributed by atoms with E-state index in [1.807, 2.05) is 31.2 Å². The van der Waals surface area contributed by atoms with E-state index in [-0.39, 0.29) is 63.9 Å². The molecule has 1 aliphatic carbocycles. The number of aliphatic hydroxyl groups excluding tert-OH is 1. The number of benzene rings is 4. The first-order valence-electron chi connectivity index (χ1n) is 21.3. The standard InChI is InChI=1S/C45H41N6O18P3/c1-3-5-34(50-42-41-43(48-23-47-42)51(24-49-41)39-21-35(54)38(67-39)22-65-71(60,61)69-72(62,63)68-70(58,59)64-2)26-9-7-25(8-10-26)6-4-17-46-44(55)27-11-14-30(45(56)57)33(18-27)40-31-15-12-28(52)19-36(31)66-37-20-29(53)13-16-32(37)40/h7-16,18-20,23-24,34,39,52,54H,3,5,17,21-22H2,1-2H3,(H,46,55)(H,56,57)(H,58,59)(H,60,61)(H,62,63)(H,47,48,50)/p-2/t34?,39-/m1/s1. The van der Waals surface area contributed by atoms with Crippen molar-refractivity contribution in [2.24, 2.45) is 0 Å². The number of phenolic OH excluding ortho intramolecular Hbond substituents is 1. The second-order valence-electron chi connectivity index (χ2n) is 15.6. The quantitative estimate of drug-likeness (QED) is 0.0313. The van der Waals surface area contributed by atoms with Crippen LogP contribution in [-0.2, 0) is 36.1 Å². The highest BCUT2D eigenvalue weighted by atomic mass is 31.3. The third-order valence-corrected chi connectivity index (χ3v) is 15.0. The Labute approximate surface area is 406 Å². The molecule has 0 fully saturated rings. The Morgan fingerprint density at radius 2 is 1.74 bits per heavy atom. The van der Waals surface area contributed by atoms with Crippen LogP contribution < -0.4 is 25.8 Å². The molecule has 3 aliphatic rings. The van der Waals surface area contributed by atoms with E-state index in [0.717, 1.165) is 12.0 Å². The Balaban J connectivity index is 0.913. The number of aromatic hydroxyl groups is 1. The van der Waals surface area contributed by atoms with Gasteiger partial charge in [-0.15, -0.1) is 0 Å². The van der Waals surface area contributed by atoms with Crippen LogP contribution in [0.4, 0.5) is 5.82 Å². The number of imidazole rings is 1. The van der Waals surface area contributed by atoms with Crippen LogP contribution in [0.2, 0.25) is 0 Å². The van der Waals surface area contributed by atoms with E-state index in [1.165, 1.54) is 65.8 Å². The average molecular weight is 1040 g/mol. The number of fused-ring (bicyclic) bond motifs is 3. The first-order chi connectivity index (χ1) is 34.2. The molecule has 374 valence electrons. The van der Waals surface area contributed by atoms with Gasteiger partial charge < -0.3 is 54.3 Å². The third kappa shape index (κ3) is 11.6. The fraction of sp³-hybridized carbons (Fsp3) is 0.200. The predicted molar refractivity (Wildman–Crippen MR) is 250 cm³/mol. The zero-order chi connectivity index (χ0) is 51.5. The number of phenols is 1. The Bertz CT molecular complexity index is 3530. The van der Waals surface area contributed by atoms with Gasteiger partial charge in [0, 0.05) is 46.9 Å². The molecule has 2 aromatic heterocycles. The number of nitrogens with zero attached hydrogens (tertiary/aromatic N) is 4. The van der Waals surface area contributed by atoms with E-state index >= 15 is 0 Å². The lowest BCUT2D eigenvalue weighted by atomic mass is 9.89. The number of carbonyl (C=O) groups excluding carboxylic acids is 1. The summed E-state index contributed by atoms with van der Waals surface area (Å²) in [6.45, 7) is 0.917. The molecule has 2 aliphatic heterocycles. The van der Waals surface area contributed by atoms with Crippen LogP contribution in [0.15, 0.2) is 112 Å². The maximum Gasteiger partial charge on any atom is 0.478 e. The van der Waals surface area contributed by atoms with Crippen molar-refractivity contribution in [1.29, 1.82) is 0 Å². The Morgan fingerprint density at radius 1 is 0.958 bits per heavy atom. The van der Waals surface area contributed by atoms with Gasteiger partial charge in [0.05, 0.1) is 24.6 Å². The number of aromatic carboxylic acids is 1. The topological polar surface area (TPSA) is 356 Å². The molecule has 1 amide bonds. The Hall–Kier alpha value is -7.25. The number of aliphatic hydroxyl groups is 1. The van der Waals surface area contributed by atoms with Crippen molar-refractivity contribution in [2.45, 2.75) is 38.5 Å². The second-order valence-corrected chi connectivity index (χ2v) is 20.3. The van der Waals surface area contributed by atoms with Gasteiger partial charge in [-0.25, -0.2) is 32.9 Å². The normalized spacial score (nSPS) is 16.5. The van der Waals surface area contributed by atoms with E-state index in [9.17, 15) is 58.1 Å². The fourth-order valence-electron chi connectivity index (χ4n) is 7.63. The molecule has 4 heterocycles. The van der Waals surface area contributed by atoms with Crippen LogP contribution in [0.3, 0.4) is 0 Å². The SMILES string of the molecule is CCCC(Nc1ncnc2c1ncn2[C@H]1CC(O)=C(COP(=O)([O-])OP(=O)([O-])OP(=O)(O)OC)O1)c1ccc(C#CCNC(=O)c2ccc(C(=O)O)c(-c3c4ccc(=O)cc-4oc4cc(O)ccc34)c2)cc1. The smallest absolute Gasteiger partial charge is 0.478 e. The second kappa shape index (κ2) is 20.8. The summed E-state index contributed by atoms with van der Waals surface area (Å²) in [6, 6.07) is 19.7. The van der Waals surface area contributed by atoms with Crippen molar-refractivity contribution in [2.75, 3.05) is 25.6 Å². The van der Waals surface area contributed by atoms with Gasteiger partial charge in [0.25, 0.3) is 21.6 Å². The molecule has 4 unspecified atom stereocenters. The lowest BCUT2D eigenvalue weighted by Crippen LogP contribution is -2.23. The van der Waals surface area contributed by atoms with Gasteiger partial charge in [0.1, 0.15) is 42.1 Å². The van der Waals surface area contributed by atoms with Crippen molar-refractivity contribution in [3.63, 3.8) is 0 Å². The van der Waals surface area contributed by atoms with Gasteiger partial charge in [-0.1, -0.05) is 37.3 Å². The third-order valence-electron chi connectivity index (χ3n) is 10.9. The van der Waals surface area contributed by atoms with Crippen molar-refractivity contribution >= 4 is 63.3 Å². The van der Waals surface area contributed by atoms with E-state index in [0.29, 0.717) is 46.9 Å². The lowest BCUT2D eigenvalue weighted by molar-refractivity contribution is -0.239. The first kappa shape index (κ1) is 51.1. The summed E-state index contributed by atoms with van der Waals surface area (Å²) in [6.07, 6.45) is 2.85. The number of aromatic nitrogens is 4. The van der Waals surface area contributed by atoms with Crippen LogP contribution in [0.25, 0.3) is 44.6 Å². The van der Waals surface area contributed by atoms with Crippen molar-refractivity contribution < 1.29 is 80.1 Å². The molecule has 8 rings (SSSR count). The maximum atomic E-state index is 13.5. The summed E-state index contributed by atoms with van der Waals surface area (Å²) >= 11 is 0. The van der Waals surface area contributed by atoms with E-state index in [2.05, 4.69) is 55.1 Å². The molecule has 0 saturated carbocycles. The zero-order valence-electron chi connectivity index (χ0n) is 37.5. The Kier molecular flexibility index (Phi) is 14.8. The highest BCUT2D eigenvalue weighted by Crippen LogP contribution is 2.64. The van der Waals surface area contributed by atoms with Crippen LogP contribution in [0.1, 0.15) is 70.3 Å². The van der Waals surface area contributed by atoms with E-state index in [4.69, 9.17) is 9.15 Å². The van der Waals surface area contributed by atoms with Gasteiger partial charge in [-0.05, 0) is 72.1 Å². The number of hydrogen-bond donors (Lipinski definition) is 6. The number of rotatable bonds is 18. The van der Waals surface area contributed by atoms with Crippen molar-refractivity contribution in [3.8, 4) is 40.0 Å². The molecule has 0 spiro atoms. The van der Waals surface area contributed by atoms with Gasteiger partial charge in [-0.3, -0.25) is 27.8 Å². The number of carboxylic acids is 1. The molecule has 5 atom stereocenters. The highest BCUT2D eigenvalue weighted by Gasteiger charge is 2.34. The fourth-order valence-corrected chi connectivity index (χ4v) is 10.7. The van der Waals surface area contributed by atoms with Crippen LogP contribution in [-0.4, -0.2) is 71.9 Å². The number of anilines is 1. The summed E-state index contributed by atoms with van der Waals surface area (Å²) in [5, 5.41) is 37.5. The summed E-state index contributed by atoms with van der Waals surface area (Å²) in [5.41, 5.74) is 3.01. The summed E-state index contributed by atoms with van der Waals surface area (Å²) < 4.78 is 64.4. The molecular weight excluding hydrogens is 1010 g/mol. The number of phosphoric acid groups is 3. The molecule has 24 nitrogen and oxygen atoms in total. The monoisotopic (exact) mass is 1040 g/mol. The summed E-state index contributed by atoms with van der Waals surface area (Å²) in [7, 11) is -16.3. The number of amides is 1. The minimum Gasteiger partial charge on any atom is -0.756 e. The summed E-state index contributed by atoms with van der Waals surface area (Å²) in [5.74, 6) is 3.73. The number of hydrogen-bond acceptors (Lipinski definition) is 20. The molecule has 0 saturated heterocycles. The van der Waals surface area contributed by atoms with Gasteiger partial charge in [0.15, 0.2) is 34.4 Å². The minimum absolute atomic E-state index is 0.0571. The number of ether oxygens (including phenoxy) is 1. The van der Waals surface area contributed by atoms with E-state index in [1.54, 1.807) is 6.07 Å². The number of carboxylic acid groups (broad SMARTS) is 1. The van der Waals surface area contributed by atoms with Crippen molar-refractivity contribution in [1.82, 2.24) is 24.8 Å². The molecular formula is C45H39N6O18P3-2. The van der Waals surface area contributed by atoms with Crippen LogP contribution >= 0.6 is 23.5 Å². The molecule has 27 heteroatoms. The van der Waals surface area contributed by atoms with Gasteiger partial charge >= 0.3 is 13.8 Å². The maximum absolute atomic E-state index is 13.5. The molecule has 0 radical (unpaired) electrons. The number of carbonyl (C=O) groups is 2. The predicted octanol–water partition coefficient (Wildman–Crippen LogP) is 6.27. The molecule has 3 aromatic carbocycles. The van der Waals surface area contributed by atoms with Gasteiger partial charge in [0.2, 0.25) is 0 Å². The number of nitrogens with one attached hydrogen (secondary N) is 2. The first-order valence-corrected chi connectivity index (χ1v) is 25.7. The average Bonchev–Trinajstić information content (AvgIpc) is 3.94. The van der Waals surface area contributed by atoms with E-state index < -0.39 is 59.7 Å². The molecule has 5 aromatic rings. The molecule has 72 heavy (non-hydrogen) atoms.